The predicted molar refractivity (Wildman–Crippen MR) is 98.9 cm³/mol. The SMILES string of the molecule is CCCCNS(=O)(=O)Nc1[nH]c2ccccc2c1C(=O)OC(C)(C)C. The number of esters is 1. The highest BCUT2D eigenvalue weighted by atomic mass is 32.2. The second kappa shape index (κ2) is 7.45. The van der Waals surface area contributed by atoms with Crippen molar-refractivity contribution in [1.29, 1.82) is 0 Å². The van der Waals surface area contributed by atoms with Gasteiger partial charge in [-0.25, -0.2) is 4.79 Å². The monoisotopic (exact) mass is 367 g/mol. The first-order valence-corrected chi connectivity index (χ1v) is 9.73. The zero-order valence-electron chi connectivity index (χ0n) is 15.0. The molecule has 7 nitrogen and oxygen atoms in total. The molecule has 0 aliphatic heterocycles. The summed E-state index contributed by atoms with van der Waals surface area (Å²) in [6.45, 7) is 7.58. The number of hydrogen-bond acceptors (Lipinski definition) is 4. The van der Waals surface area contributed by atoms with Crippen LogP contribution in [0.1, 0.15) is 50.9 Å². The van der Waals surface area contributed by atoms with E-state index in [9.17, 15) is 13.2 Å². The summed E-state index contributed by atoms with van der Waals surface area (Å²) >= 11 is 0. The smallest absolute Gasteiger partial charge is 0.343 e. The molecule has 0 saturated heterocycles. The van der Waals surface area contributed by atoms with Gasteiger partial charge in [0.25, 0.3) is 10.2 Å². The maximum atomic E-state index is 12.6. The molecule has 0 unspecified atom stereocenters. The summed E-state index contributed by atoms with van der Waals surface area (Å²) in [5, 5.41) is 0.600. The second-order valence-corrected chi connectivity index (χ2v) is 8.28. The van der Waals surface area contributed by atoms with Gasteiger partial charge in [0.15, 0.2) is 0 Å². The molecule has 0 amide bonds. The molecule has 8 heteroatoms. The highest BCUT2D eigenvalue weighted by Gasteiger charge is 2.26. The van der Waals surface area contributed by atoms with Gasteiger partial charge in [-0.3, -0.25) is 4.72 Å². The topological polar surface area (TPSA) is 100 Å². The quantitative estimate of drug-likeness (QED) is 0.517. The van der Waals surface area contributed by atoms with Crippen molar-refractivity contribution in [2.45, 2.75) is 46.1 Å². The van der Waals surface area contributed by atoms with E-state index in [2.05, 4.69) is 14.4 Å². The van der Waals surface area contributed by atoms with Gasteiger partial charge in [0.1, 0.15) is 17.0 Å². The average molecular weight is 367 g/mol. The second-order valence-electron chi connectivity index (χ2n) is 6.78. The molecule has 0 radical (unpaired) electrons. The molecule has 0 atom stereocenters. The number of unbranched alkanes of at least 4 members (excludes halogenated alkanes) is 1. The number of anilines is 1. The van der Waals surface area contributed by atoms with Gasteiger partial charge in [-0.15, -0.1) is 0 Å². The lowest BCUT2D eigenvalue weighted by Crippen LogP contribution is -2.32. The molecule has 1 aromatic carbocycles. The van der Waals surface area contributed by atoms with Crippen LogP contribution in [0.25, 0.3) is 10.9 Å². The molecule has 0 fully saturated rings. The van der Waals surface area contributed by atoms with E-state index in [0.29, 0.717) is 17.4 Å². The van der Waals surface area contributed by atoms with Crippen LogP contribution in [0.2, 0.25) is 0 Å². The van der Waals surface area contributed by atoms with Crippen LogP contribution in [-0.4, -0.2) is 31.5 Å². The Morgan fingerprint density at radius 3 is 2.56 bits per heavy atom. The van der Waals surface area contributed by atoms with Gasteiger partial charge in [-0.1, -0.05) is 31.5 Å². The van der Waals surface area contributed by atoms with Gasteiger partial charge in [-0.05, 0) is 33.3 Å². The van der Waals surface area contributed by atoms with Gasteiger partial charge in [0.2, 0.25) is 0 Å². The first-order chi connectivity index (χ1) is 11.6. The molecule has 2 aromatic rings. The summed E-state index contributed by atoms with van der Waals surface area (Å²) in [7, 11) is -3.79. The standard InChI is InChI=1S/C17H25N3O4S/c1-5-6-11-18-25(22,23)20-15-14(16(21)24-17(2,3)4)12-9-7-8-10-13(12)19-15/h7-10,18-20H,5-6,11H2,1-4H3. The van der Waals surface area contributed by atoms with Crippen LogP contribution < -0.4 is 9.44 Å². The summed E-state index contributed by atoms with van der Waals surface area (Å²) < 4.78 is 34.7. The number of ether oxygens (including phenoxy) is 1. The number of H-pyrrole nitrogens is 1. The zero-order valence-corrected chi connectivity index (χ0v) is 15.8. The van der Waals surface area contributed by atoms with Crippen LogP contribution in [0.3, 0.4) is 0 Å². The first kappa shape index (κ1) is 19.3. The normalized spacial score (nSPS) is 12.3. The minimum Gasteiger partial charge on any atom is -0.456 e. The molecule has 25 heavy (non-hydrogen) atoms. The molecule has 0 saturated carbocycles. The molecule has 0 bridgehead atoms. The average Bonchev–Trinajstić information content (AvgIpc) is 2.82. The number of nitrogens with one attached hydrogen (secondary N) is 3. The lowest BCUT2D eigenvalue weighted by atomic mass is 10.1. The van der Waals surface area contributed by atoms with Crippen molar-refractivity contribution in [2.24, 2.45) is 0 Å². The Labute approximate surface area is 148 Å². The van der Waals surface area contributed by atoms with E-state index in [0.717, 1.165) is 12.8 Å². The Bertz CT molecular complexity index is 850. The van der Waals surface area contributed by atoms with Crippen LogP contribution in [0.15, 0.2) is 24.3 Å². The third-order valence-electron chi connectivity index (χ3n) is 3.37. The Hall–Kier alpha value is -2.06. The van der Waals surface area contributed by atoms with Crippen molar-refractivity contribution in [2.75, 3.05) is 11.3 Å². The van der Waals surface area contributed by atoms with E-state index in [1.54, 1.807) is 45.0 Å². The number of aromatic amines is 1. The van der Waals surface area contributed by atoms with Gasteiger partial charge in [0, 0.05) is 17.4 Å². The van der Waals surface area contributed by atoms with E-state index in [1.807, 2.05) is 6.92 Å². The summed E-state index contributed by atoms with van der Waals surface area (Å²) in [6.07, 6.45) is 1.60. The van der Waals surface area contributed by atoms with Crippen LogP contribution >= 0.6 is 0 Å². The molecule has 0 aliphatic carbocycles. The fourth-order valence-corrected chi connectivity index (χ4v) is 3.22. The molecule has 1 aromatic heterocycles. The Morgan fingerprint density at radius 2 is 1.92 bits per heavy atom. The summed E-state index contributed by atoms with van der Waals surface area (Å²) in [5.74, 6) is -0.490. The van der Waals surface area contributed by atoms with Crippen LogP contribution in [-0.2, 0) is 14.9 Å². The van der Waals surface area contributed by atoms with Crippen LogP contribution in [0.4, 0.5) is 5.82 Å². The number of aromatic nitrogens is 1. The lowest BCUT2D eigenvalue weighted by molar-refractivity contribution is 0.00732. The number of hydrogen-bond donors (Lipinski definition) is 3. The van der Waals surface area contributed by atoms with E-state index >= 15 is 0 Å². The van der Waals surface area contributed by atoms with E-state index in [4.69, 9.17) is 4.74 Å². The molecular formula is C17H25N3O4S. The lowest BCUT2D eigenvalue weighted by Gasteiger charge is -2.20. The number of benzene rings is 1. The van der Waals surface area contributed by atoms with E-state index < -0.39 is 21.8 Å². The summed E-state index contributed by atoms with van der Waals surface area (Å²) in [6, 6.07) is 7.09. The third kappa shape index (κ3) is 5.20. The number of carbonyl (C=O) groups is 1. The maximum Gasteiger partial charge on any atom is 0.343 e. The zero-order chi connectivity index (χ0) is 18.7. The minimum atomic E-state index is -3.79. The van der Waals surface area contributed by atoms with Gasteiger partial charge < -0.3 is 9.72 Å². The Balaban J connectivity index is 2.39. The fourth-order valence-electron chi connectivity index (χ4n) is 2.31. The van der Waals surface area contributed by atoms with Crippen molar-refractivity contribution in [1.82, 2.24) is 9.71 Å². The van der Waals surface area contributed by atoms with Crippen LogP contribution in [0, 0.1) is 0 Å². The van der Waals surface area contributed by atoms with Crippen molar-refractivity contribution in [3.63, 3.8) is 0 Å². The molecule has 2 rings (SSSR count). The Morgan fingerprint density at radius 1 is 1.24 bits per heavy atom. The molecule has 0 aliphatic rings. The van der Waals surface area contributed by atoms with Gasteiger partial charge in [-0.2, -0.15) is 13.1 Å². The number of rotatable bonds is 7. The van der Waals surface area contributed by atoms with E-state index in [-0.39, 0.29) is 11.4 Å². The van der Waals surface area contributed by atoms with Crippen molar-refractivity contribution in [3.05, 3.63) is 29.8 Å². The first-order valence-electron chi connectivity index (χ1n) is 8.24. The third-order valence-corrected chi connectivity index (χ3v) is 4.42. The molecule has 138 valence electrons. The van der Waals surface area contributed by atoms with Crippen molar-refractivity contribution < 1.29 is 17.9 Å². The van der Waals surface area contributed by atoms with Crippen molar-refractivity contribution >= 4 is 32.9 Å². The van der Waals surface area contributed by atoms with Gasteiger partial charge in [0.05, 0.1) is 0 Å². The van der Waals surface area contributed by atoms with Crippen LogP contribution in [0.5, 0.6) is 0 Å². The number of para-hydroxylation sites is 1. The molecule has 3 N–H and O–H groups in total. The minimum absolute atomic E-state index is 0.0967. The molecular weight excluding hydrogens is 342 g/mol. The largest absolute Gasteiger partial charge is 0.456 e. The fraction of sp³-hybridized carbons (Fsp3) is 0.471. The predicted octanol–water partition coefficient (Wildman–Crippen LogP) is 3.17. The maximum absolute atomic E-state index is 12.6. The van der Waals surface area contributed by atoms with Crippen molar-refractivity contribution in [3.8, 4) is 0 Å². The van der Waals surface area contributed by atoms with E-state index in [1.165, 1.54) is 0 Å². The number of fused-ring (bicyclic) bond motifs is 1. The number of carbonyl (C=O) groups excluding carboxylic acids is 1. The molecule has 1 heterocycles. The Kier molecular flexibility index (Phi) is 5.74. The summed E-state index contributed by atoms with van der Waals surface area (Å²) in [4.78, 5) is 15.6. The molecule has 0 spiro atoms. The highest BCUT2D eigenvalue weighted by molar-refractivity contribution is 7.90. The van der Waals surface area contributed by atoms with Gasteiger partial charge >= 0.3 is 5.97 Å². The summed E-state index contributed by atoms with van der Waals surface area (Å²) in [5.41, 5.74) is 0.131. The highest BCUT2D eigenvalue weighted by Crippen LogP contribution is 2.28.